The van der Waals surface area contributed by atoms with Gasteiger partial charge in [0.2, 0.25) is 5.91 Å². The third-order valence-electron chi connectivity index (χ3n) is 2.63. The summed E-state index contributed by atoms with van der Waals surface area (Å²) in [4.78, 5) is 19.1. The van der Waals surface area contributed by atoms with Crippen molar-refractivity contribution >= 4 is 23.9 Å². The first kappa shape index (κ1) is 14.3. The Morgan fingerprint density at radius 3 is 3.05 bits per heavy atom. The van der Waals surface area contributed by atoms with Crippen molar-refractivity contribution in [2.24, 2.45) is 10.7 Å². The second-order valence-corrected chi connectivity index (χ2v) is 4.17. The molecule has 2 aromatic heterocycles. The zero-order chi connectivity index (χ0) is 15.2. The van der Waals surface area contributed by atoms with Crippen LogP contribution in [0.3, 0.4) is 0 Å². The molecule has 106 valence electrons. The van der Waals surface area contributed by atoms with Crippen LogP contribution in [0.25, 0.3) is 11.3 Å². The van der Waals surface area contributed by atoms with Gasteiger partial charge >= 0.3 is 0 Å². The van der Waals surface area contributed by atoms with E-state index >= 15 is 0 Å². The van der Waals surface area contributed by atoms with Gasteiger partial charge in [0.15, 0.2) is 0 Å². The largest absolute Gasteiger partial charge is 0.366 e. The number of carbonyl (C=O) groups is 1. The molecule has 2 rings (SSSR count). The normalized spacial score (nSPS) is 10.7. The van der Waals surface area contributed by atoms with Crippen LogP contribution in [0.1, 0.15) is 16.1 Å². The number of carbonyl (C=O) groups excluding carboxylic acids is 1. The minimum absolute atomic E-state index is 0.310. The SMILES string of the molecule is C=C(C=NCC=N)c1ccn(-c2cncc(C(N)=O)c2)n1. The zero-order valence-corrected chi connectivity index (χ0v) is 11.2. The molecule has 0 saturated heterocycles. The Bertz CT molecular complexity index is 716. The van der Waals surface area contributed by atoms with Crippen LogP contribution in [0.5, 0.6) is 0 Å². The number of primary amides is 1. The van der Waals surface area contributed by atoms with Crippen LogP contribution in [0.2, 0.25) is 0 Å². The van der Waals surface area contributed by atoms with E-state index in [0.717, 1.165) is 0 Å². The van der Waals surface area contributed by atoms with Crippen LogP contribution in [0.4, 0.5) is 0 Å². The minimum Gasteiger partial charge on any atom is -0.366 e. The van der Waals surface area contributed by atoms with Gasteiger partial charge in [0.25, 0.3) is 0 Å². The Balaban J connectivity index is 2.23. The third kappa shape index (κ3) is 3.47. The molecule has 0 saturated carbocycles. The monoisotopic (exact) mass is 282 g/mol. The number of aliphatic imine (C=N–C) groups is 1. The fourth-order valence-electron chi connectivity index (χ4n) is 1.61. The quantitative estimate of drug-likeness (QED) is 0.774. The van der Waals surface area contributed by atoms with Crippen molar-refractivity contribution in [1.29, 1.82) is 5.41 Å². The summed E-state index contributed by atoms with van der Waals surface area (Å²) < 4.78 is 1.57. The Labute approximate surface area is 121 Å². The summed E-state index contributed by atoms with van der Waals surface area (Å²) in [5.41, 5.74) is 7.45. The predicted octanol–water partition coefficient (Wildman–Crippen LogP) is 1.10. The molecule has 1 amide bonds. The van der Waals surface area contributed by atoms with Crippen LogP contribution < -0.4 is 5.73 Å². The summed E-state index contributed by atoms with van der Waals surface area (Å²) in [7, 11) is 0. The Kier molecular flexibility index (Phi) is 4.35. The van der Waals surface area contributed by atoms with E-state index in [-0.39, 0.29) is 0 Å². The summed E-state index contributed by atoms with van der Waals surface area (Å²) in [5.74, 6) is -0.542. The topological polar surface area (TPSA) is 110 Å². The molecule has 0 aliphatic heterocycles. The van der Waals surface area contributed by atoms with E-state index in [9.17, 15) is 4.79 Å². The van der Waals surface area contributed by atoms with Gasteiger partial charge in [-0.2, -0.15) is 5.10 Å². The number of nitrogens with zero attached hydrogens (tertiary/aromatic N) is 4. The first-order valence-electron chi connectivity index (χ1n) is 6.10. The number of nitrogens with one attached hydrogen (secondary N) is 1. The summed E-state index contributed by atoms with van der Waals surface area (Å²) >= 11 is 0. The van der Waals surface area contributed by atoms with Crippen molar-refractivity contribution < 1.29 is 4.79 Å². The second-order valence-electron chi connectivity index (χ2n) is 4.17. The van der Waals surface area contributed by atoms with Gasteiger partial charge in [-0.3, -0.25) is 14.8 Å². The smallest absolute Gasteiger partial charge is 0.250 e. The highest BCUT2D eigenvalue weighted by molar-refractivity contribution is 6.08. The molecular weight excluding hydrogens is 268 g/mol. The Morgan fingerprint density at radius 2 is 2.33 bits per heavy atom. The predicted molar refractivity (Wildman–Crippen MR) is 81.1 cm³/mol. The first-order valence-corrected chi connectivity index (χ1v) is 6.10. The van der Waals surface area contributed by atoms with Crippen LogP contribution in [0, 0.1) is 5.41 Å². The van der Waals surface area contributed by atoms with E-state index in [1.165, 1.54) is 12.4 Å². The van der Waals surface area contributed by atoms with Gasteiger partial charge in [-0.15, -0.1) is 0 Å². The number of hydrogen-bond acceptors (Lipinski definition) is 5. The van der Waals surface area contributed by atoms with Crippen molar-refractivity contribution in [3.63, 3.8) is 0 Å². The van der Waals surface area contributed by atoms with E-state index in [2.05, 4.69) is 21.7 Å². The highest BCUT2D eigenvalue weighted by Crippen LogP contribution is 2.12. The number of rotatable bonds is 6. The van der Waals surface area contributed by atoms with Crippen molar-refractivity contribution in [2.75, 3.05) is 6.54 Å². The Hall–Kier alpha value is -3.09. The van der Waals surface area contributed by atoms with E-state index in [4.69, 9.17) is 11.1 Å². The number of pyridine rings is 1. The average molecular weight is 282 g/mol. The molecular formula is C14H14N6O. The maximum absolute atomic E-state index is 11.1. The van der Waals surface area contributed by atoms with Gasteiger partial charge in [0.05, 0.1) is 29.7 Å². The lowest BCUT2D eigenvalue weighted by atomic mass is 10.2. The maximum Gasteiger partial charge on any atom is 0.250 e. The summed E-state index contributed by atoms with van der Waals surface area (Å²) in [6, 6.07) is 3.38. The molecule has 7 nitrogen and oxygen atoms in total. The molecule has 0 spiro atoms. The molecule has 3 N–H and O–H groups in total. The van der Waals surface area contributed by atoms with Gasteiger partial charge < -0.3 is 11.1 Å². The van der Waals surface area contributed by atoms with Crippen LogP contribution in [-0.4, -0.2) is 39.6 Å². The molecule has 2 heterocycles. The zero-order valence-electron chi connectivity index (χ0n) is 11.2. The van der Waals surface area contributed by atoms with E-state index in [0.29, 0.717) is 29.1 Å². The van der Waals surface area contributed by atoms with Crippen LogP contribution in [-0.2, 0) is 0 Å². The number of hydrogen-bond donors (Lipinski definition) is 2. The summed E-state index contributed by atoms with van der Waals surface area (Å²) in [6.45, 7) is 4.17. The summed E-state index contributed by atoms with van der Waals surface area (Å²) in [5, 5.41) is 11.2. The average Bonchev–Trinajstić information content (AvgIpc) is 2.97. The van der Waals surface area contributed by atoms with Crippen LogP contribution in [0.15, 0.2) is 42.3 Å². The molecule has 0 radical (unpaired) electrons. The van der Waals surface area contributed by atoms with Gasteiger partial charge in [-0.1, -0.05) is 6.58 Å². The van der Waals surface area contributed by atoms with E-state index < -0.39 is 5.91 Å². The fraction of sp³-hybridized carbons (Fsp3) is 0.0714. The van der Waals surface area contributed by atoms with Crippen molar-refractivity contribution in [2.45, 2.75) is 0 Å². The van der Waals surface area contributed by atoms with Gasteiger partial charge in [0.1, 0.15) is 0 Å². The fourth-order valence-corrected chi connectivity index (χ4v) is 1.61. The number of allylic oxidation sites excluding steroid dienone is 1. The van der Waals surface area contributed by atoms with Crippen molar-refractivity contribution in [3.05, 3.63) is 48.6 Å². The standard InChI is InChI=1S/C14H14N6O/c1-10(7-17-4-3-15)13-2-5-20(19-13)12-6-11(14(16)21)8-18-9-12/h2-3,5-9,15H,1,4H2,(H2,16,21). The molecule has 0 fully saturated rings. The molecule has 0 atom stereocenters. The molecule has 7 heteroatoms. The van der Waals surface area contributed by atoms with Crippen molar-refractivity contribution in [3.8, 4) is 5.69 Å². The van der Waals surface area contributed by atoms with Crippen LogP contribution >= 0.6 is 0 Å². The number of aromatic nitrogens is 3. The molecule has 21 heavy (non-hydrogen) atoms. The molecule has 0 unspecified atom stereocenters. The number of amides is 1. The summed E-state index contributed by atoms with van der Waals surface area (Å²) in [6.07, 6.45) is 7.47. The lowest BCUT2D eigenvalue weighted by molar-refractivity contribution is 0.1000. The van der Waals surface area contributed by atoms with E-state index in [1.807, 2.05) is 0 Å². The molecule has 0 aliphatic rings. The highest BCUT2D eigenvalue weighted by atomic mass is 16.1. The van der Waals surface area contributed by atoms with Crippen molar-refractivity contribution in [1.82, 2.24) is 14.8 Å². The minimum atomic E-state index is -0.542. The molecule has 0 aromatic carbocycles. The molecule has 2 aromatic rings. The highest BCUT2D eigenvalue weighted by Gasteiger charge is 2.06. The first-order chi connectivity index (χ1) is 10.1. The molecule has 0 aliphatic carbocycles. The van der Waals surface area contributed by atoms with E-state index in [1.54, 1.807) is 35.4 Å². The lowest BCUT2D eigenvalue weighted by Gasteiger charge is -2.02. The lowest BCUT2D eigenvalue weighted by Crippen LogP contribution is -2.12. The van der Waals surface area contributed by atoms with Gasteiger partial charge in [-0.05, 0) is 12.1 Å². The number of nitrogens with two attached hydrogens (primary N) is 1. The maximum atomic E-state index is 11.1. The molecule has 0 bridgehead atoms. The van der Waals surface area contributed by atoms with Gasteiger partial charge in [0, 0.05) is 30.4 Å². The Morgan fingerprint density at radius 1 is 1.52 bits per heavy atom. The second kappa shape index (κ2) is 6.38. The third-order valence-corrected chi connectivity index (χ3v) is 2.63. The van der Waals surface area contributed by atoms with Gasteiger partial charge in [-0.25, -0.2) is 4.68 Å².